The molecule has 0 unspecified atom stereocenters. The van der Waals surface area contributed by atoms with Crippen LogP contribution in [-0.2, 0) is 9.53 Å². The number of alkyl halides is 3. The molecule has 0 aromatic carbocycles. The molecule has 1 aromatic heterocycles. The van der Waals surface area contributed by atoms with Gasteiger partial charge in [-0.3, -0.25) is 9.78 Å². The van der Waals surface area contributed by atoms with Gasteiger partial charge in [-0.05, 0) is 0 Å². The molecule has 7 nitrogen and oxygen atoms in total. The molecule has 1 heterocycles. The molecule has 0 aliphatic carbocycles. The van der Waals surface area contributed by atoms with Crippen LogP contribution in [0.2, 0.25) is 0 Å². The van der Waals surface area contributed by atoms with Gasteiger partial charge in [-0.2, -0.15) is 13.2 Å². The molecule has 0 spiro atoms. The van der Waals surface area contributed by atoms with Crippen LogP contribution >= 0.6 is 0 Å². The number of nitrogens with zero attached hydrogens (tertiary/aromatic N) is 3. The van der Waals surface area contributed by atoms with E-state index in [4.69, 9.17) is 5.11 Å². The highest BCUT2D eigenvalue weighted by Crippen LogP contribution is 2.20. The van der Waals surface area contributed by atoms with Gasteiger partial charge in [0.25, 0.3) is 0 Å². The summed E-state index contributed by atoms with van der Waals surface area (Å²) in [5.41, 5.74) is -0.317. The van der Waals surface area contributed by atoms with E-state index in [2.05, 4.69) is 14.7 Å². The normalized spacial score (nSPS) is 11.0. The van der Waals surface area contributed by atoms with Crippen molar-refractivity contribution in [2.45, 2.75) is 6.18 Å². The zero-order chi connectivity index (χ0) is 15.3. The first-order valence-corrected chi connectivity index (χ1v) is 5.17. The minimum atomic E-state index is -4.63. The number of carboxylic acid groups (broad SMARTS) is 1. The zero-order valence-corrected chi connectivity index (χ0v) is 10.2. The summed E-state index contributed by atoms with van der Waals surface area (Å²) in [7, 11) is 1.07. The summed E-state index contributed by atoms with van der Waals surface area (Å²) in [6.45, 7) is -2.46. The van der Waals surface area contributed by atoms with Gasteiger partial charge >= 0.3 is 18.1 Å². The Bertz CT molecular complexity index is 507. The predicted molar refractivity (Wildman–Crippen MR) is 59.3 cm³/mol. The van der Waals surface area contributed by atoms with Gasteiger partial charge in [0.2, 0.25) is 0 Å². The molecule has 0 aliphatic heterocycles. The number of ether oxygens (including phenoxy) is 1. The number of hydrogen-bond acceptors (Lipinski definition) is 6. The van der Waals surface area contributed by atoms with Crippen LogP contribution < -0.4 is 4.90 Å². The van der Waals surface area contributed by atoms with Crippen molar-refractivity contribution in [3.63, 3.8) is 0 Å². The first-order valence-electron chi connectivity index (χ1n) is 5.17. The number of methoxy groups -OCH3 is 1. The fraction of sp³-hybridized carbons (Fsp3) is 0.400. The Morgan fingerprint density at radius 3 is 2.55 bits per heavy atom. The first kappa shape index (κ1) is 15.7. The SMILES string of the molecule is COC(=O)c1cncc(N(CC(=O)O)CC(F)(F)F)n1. The lowest BCUT2D eigenvalue weighted by Crippen LogP contribution is -2.38. The van der Waals surface area contributed by atoms with Crippen LogP contribution in [0.15, 0.2) is 12.4 Å². The predicted octanol–water partition coefficient (Wildman–Crippen LogP) is 0.716. The van der Waals surface area contributed by atoms with E-state index in [1.165, 1.54) is 0 Å². The molecule has 0 atom stereocenters. The Hall–Kier alpha value is -2.39. The molecular formula is C10H10F3N3O4. The summed E-state index contributed by atoms with van der Waals surface area (Å²) in [6.07, 6.45) is -2.69. The number of hydrogen-bond donors (Lipinski definition) is 1. The highest BCUT2D eigenvalue weighted by Gasteiger charge is 2.32. The van der Waals surface area contributed by atoms with Crippen LogP contribution in [0.25, 0.3) is 0 Å². The molecule has 0 radical (unpaired) electrons. The van der Waals surface area contributed by atoms with Crippen molar-refractivity contribution in [3.8, 4) is 0 Å². The van der Waals surface area contributed by atoms with Gasteiger partial charge in [0, 0.05) is 0 Å². The van der Waals surface area contributed by atoms with Crippen molar-refractivity contribution < 1.29 is 32.6 Å². The van der Waals surface area contributed by atoms with E-state index in [-0.39, 0.29) is 11.5 Å². The largest absolute Gasteiger partial charge is 0.480 e. The molecular weight excluding hydrogens is 283 g/mol. The third-order valence-corrected chi connectivity index (χ3v) is 2.04. The maximum absolute atomic E-state index is 12.4. The average Bonchev–Trinajstić information content (AvgIpc) is 2.35. The fourth-order valence-electron chi connectivity index (χ4n) is 1.31. The number of rotatable bonds is 5. The van der Waals surface area contributed by atoms with Crippen molar-refractivity contribution in [2.75, 3.05) is 25.1 Å². The summed E-state index contributed by atoms with van der Waals surface area (Å²) in [5.74, 6) is -2.74. The van der Waals surface area contributed by atoms with Gasteiger partial charge in [-0.25, -0.2) is 9.78 Å². The topological polar surface area (TPSA) is 92.6 Å². The minimum absolute atomic E-state index is 0.317. The minimum Gasteiger partial charge on any atom is -0.480 e. The van der Waals surface area contributed by atoms with Gasteiger partial charge in [0.1, 0.15) is 18.9 Å². The quantitative estimate of drug-likeness (QED) is 0.799. The Morgan fingerprint density at radius 1 is 1.40 bits per heavy atom. The van der Waals surface area contributed by atoms with E-state index in [0.29, 0.717) is 4.90 Å². The van der Waals surface area contributed by atoms with E-state index >= 15 is 0 Å². The second-order valence-corrected chi connectivity index (χ2v) is 3.62. The standard InChI is InChI=1S/C10H10F3N3O4/c1-20-9(19)6-2-14-3-7(15-6)16(4-8(17)18)5-10(11,12)13/h2-3H,4-5H2,1H3,(H,17,18). The monoisotopic (exact) mass is 293 g/mol. The van der Waals surface area contributed by atoms with E-state index in [1.807, 2.05) is 0 Å². The van der Waals surface area contributed by atoms with Crippen LogP contribution in [0.3, 0.4) is 0 Å². The van der Waals surface area contributed by atoms with Crippen molar-refractivity contribution >= 4 is 17.8 Å². The average molecular weight is 293 g/mol. The second kappa shape index (κ2) is 6.17. The summed E-state index contributed by atoms with van der Waals surface area (Å²) in [5, 5.41) is 8.62. The Morgan fingerprint density at radius 2 is 2.05 bits per heavy atom. The lowest BCUT2D eigenvalue weighted by Gasteiger charge is -2.22. The number of aliphatic carboxylic acids is 1. The molecule has 0 aliphatic rings. The maximum atomic E-state index is 12.4. The Kier molecular flexibility index (Phi) is 4.83. The smallest absolute Gasteiger partial charge is 0.405 e. The molecule has 10 heteroatoms. The number of carboxylic acids is 1. The highest BCUT2D eigenvalue weighted by atomic mass is 19.4. The lowest BCUT2D eigenvalue weighted by molar-refractivity contribution is -0.136. The van der Waals surface area contributed by atoms with Gasteiger partial charge in [-0.15, -0.1) is 0 Å². The van der Waals surface area contributed by atoms with Gasteiger partial charge < -0.3 is 14.7 Å². The number of carbonyl (C=O) groups excluding carboxylic acids is 1. The molecule has 0 fully saturated rings. The third-order valence-electron chi connectivity index (χ3n) is 2.04. The number of halogens is 3. The van der Waals surface area contributed by atoms with Crippen LogP contribution in [0.5, 0.6) is 0 Å². The molecule has 20 heavy (non-hydrogen) atoms. The summed E-state index contributed by atoms with van der Waals surface area (Å²) < 4.78 is 41.5. The van der Waals surface area contributed by atoms with Crippen molar-refractivity contribution in [1.82, 2.24) is 9.97 Å². The van der Waals surface area contributed by atoms with Crippen LogP contribution in [-0.4, -0.2) is 53.4 Å². The van der Waals surface area contributed by atoms with Gasteiger partial charge in [0.15, 0.2) is 5.69 Å². The molecule has 0 bridgehead atoms. The number of esters is 1. The first-order chi connectivity index (χ1) is 9.23. The summed E-state index contributed by atoms with van der Waals surface area (Å²) >= 11 is 0. The molecule has 110 valence electrons. The van der Waals surface area contributed by atoms with Gasteiger partial charge in [-0.1, -0.05) is 0 Å². The van der Waals surface area contributed by atoms with E-state index in [1.54, 1.807) is 0 Å². The molecule has 1 N–H and O–H groups in total. The molecule has 0 saturated carbocycles. The third kappa shape index (κ3) is 4.71. The van der Waals surface area contributed by atoms with E-state index in [9.17, 15) is 22.8 Å². The van der Waals surface area contributed by atoms with Crippen molar-refractivity contribution in [3.05, 3.63) is 18.1 Å². The second-order valence-electron chi connectivity index (χ2n) is 3.62. The lowest BCUT2D eigenvalue weighted by atomic mass is 10.4. The maximum Gasteiger partial charge on any atom is 0.405 e. The van der Waals surface area contributed by atoms with Crippen LogP contribution in [0.4, 0.5) is 19.0 Å². The summed E-state index contributed by atoms with van der Waals surface area (Å²) in [4.78, 5) is 29.4. The number of anilines is 1. The Labute approximate surface area is 111 Å². The highest BCUT2D eigenvalue weighted by molar-refractivity contribution is 5.87. The number of carbonyl (C=O) groups is 2. The molecule has 0 saturated heterocycles. The zero-order valence-electron chi connectivity index (χ0n) is 10.2. The van der Waals surface area contributed by atoms with E-state index in [0.717, 1.165) is 19.5 Å². The number of aromatic nitrogens is 2. The van der Waals surface area contributed by atoms with Crippen molar-refractivity contribution in [2.24, 2.45) is 0 Å². The molecule has 1 rings (SSSR count). The fourth-order valence-corrected chi connectivity index (χ4v) is 1.31. The molecule has 0 amide bonds. The van der Waals surface area contributed by atoms with Crippen LogP contribution in [0, 0.1) is 0 Å². The van der Waals surface area contributed by atoms with E-state index < -0.39 is 31.2 Å². The van der Waals surface area contributed by atoms with Crippen LogP contribution in [0.1, 0.15) is 10.5 Å². The van der Waals surface area contributed by atoms with Gasteiger partial charge in [0.05, 0.1) is 19.5 Å². The summed E-state index contributed by atoms with van der Waals surface area (Å²) in [6, 6.07) is 0. The molecule has 1 aromatic rings. The Balaban J connectivity index is 3.06. The van der Waals surface area contributed by atoms with Crippen molar-refractivity contribution in [1.29, 1.82) is 0 Å².